The lowest BCUT2D eigenvalue weighted by Crippen LogP contribution is -2.09. The Morgan fingerprint density at radius 2 is 1.88 bits per heavy atom. The lowest BCUT2D eigenvalue weighted by atomic mass is 10.1. The van der Waals surface area contributed by atoms with Crippen LogP contribution in [0.3, 0.4) is 0 Å². The number of benzene rings is 1. The number of aromatic hydroxyl groups is 1. The Morgan fingerprint density at radius 1 is 1.25 bits per heavy atom. The SMILES string of the molecule is Cc1c(O)cc(-c2ccc(Cl)cc2)[nH]c1=O. The molecule has 1 heterocycles. The predicted molar refractivity (Wildman–Crippen MR) is 63.9 cm³/mol. The summed E-state index contributed by atoms with van der Waals surface area (Å²) in [6, 6.07) is 8.54. The molecule has 1 aromatic heterocycles. The molecular weight excluding hydrogens is 226 g/mol. The molecule has 0 amide bonds. The maximum atomic E-state index is 11.5. The van der Waals surface area contributed by atoms with E-state index in [1.165, 1.54) is 6.07 Å². The van der Waals surface area contributed by atoms with Crippen LogP contribution >= 0.6 is 11.6 Å². The largest absolute Gasteiger partial charge is 0.507 e. The summed E-state index contributed by atoms with van der Waals surface area (Å²) in [5.74, 6) is -0.00583. The summed E-state index contributed by atoms with van der Waals surface area (Å²) >= 11 is 5.77. The van der Waals surface area contributed by atoms with Crippen LogP contribution in [0.25, 0.3) is 11.3 Å². The molecule has 2 aromatic rings. The molecule has 0 aliphatic carbocycles. The maximum absolute atomic E-state index is 11.5. The number of halogens is 1. The number of pyridine rings is 1. The van der Waals surface area contributed by atoms with E-state index in [1.54, 1.807) is 31.2 Å². The number of nitrogens with one attached hydrogen (secondary N) is 1. The van der Waals surface area contributed by atoms with Gasteiger partial charge < -0.3 is 10.1 Å². The van der Waals surface area contributed by atoms with Crippen molar-refractivity contribution in [3.05, 3.63) is 51.3 Å². The minimum absolute atomic E-state index is 0.00583. The third kappa shape index (κ3) is 1.95. The summed E-state index contributed by atoms with van der Waals surface area (Å²) in [6.07, 6.45) is 0. The van der Waals surface area contributed by atoms with E-state index < -0.39 is 0 Å². The molecule has 82 valence electrons. The van der Waals surface area contributed by atoms with Crippen molar-refractivity contribution >= 4 is 11.6 Å². The number of H-pyrrole nitrogens is 1. The van der Waals surface area contributed by atoms with Crippen LogP contribution in [0.5, 0.6) is 5.75 Å². The summed E-state index contributed by atoms with van der Waals surface area (Å²) in [7, 11) is 0. The van der Waals surface area contributed by atoms with Crippen LogP contribution in [0, 0.1) is 6.92 Å². The first-order chi connectivity index (χ1) is 7.58. The highest BCUT2D eigenvalue weighted by Gasteiger charge is 2.05. The molecule has 0 unspecified atom stereocenters. The van der Waals surface area contributed by atoms with Gasteiger partial charge in [0.2, 0.25) is 0 Å². The Balaban J connectivity index is 2.57. The van der Waals surface area contributed by atoms with Gasteiger partial charge in [-0.15, -0.1) is 0 Å². The summed E-state index contributed by atoms with van der Waals surface area (Å²) in [6.45, 7) is 1.57. The van der Waals surface area contributed by atoms with Crippen molar-refractivity contribution in [2.45, 2.75) is 6.92 Å². The molecule has 0 bridgehead atoms. The monoisotopic (exact) mass is 235 g/mol. The van der Waals surface area contributed by atoms with Crippen molar-refractivity contribution in [3.8, 4) is 17.0 Å². The first-order valence-corrected chi connectivity index (χ1v) is 5.14. The molecule has 0 aliphatic rings. The Hall–Kier alpha value is -1.74. The average molecular weight is 236 g/mol. The minimum atomic E-state index is -0.287. The van der Waals surface area contributed by atoms with E-state index in [1.807, 2.05) is 0 Å². The summed E-state index contributed by atoms with van der Waals surface area (Å²) in [5, 5.41) is 10.2. The van der Waals surface area contributed by atoms with E-state index in [9.17, 15) is 9.90 Å². The molecule has 16 heavy (non-hydrogen) atoms. The van der Waals surface area contributed by atoms with Gasteiger partial charge in [-0.3, -0.25) is 4.79 Å². The number of aromatic nitrogens is 1. The van der Waals surface area contributed by atoms with Gasteiger partial charge in [-0.2, -0.15) is 0 Å². The minimum Gasteiger partial charge on any atom is -0.507 e. The zero-order valence-electron chi connectivity index (χ0n) is 8.62. The smallest absolute Gasteiger partial charge is 0.255 e. The van der Waals surface area contributed by atoms with Gasteiger partial charge >= 0.3 is 0 Å². The lowest BCUT2D eigenvalue weighted by Gasteiger charge is -2.04. The Bertz CT molecular complexity index is 573. The van der Waals surface area contributed by atoms with Crippen molar-refractivity contribution in [2.24, 2.45) is 0 Å². The number of hydrogen-bond acceptors (Lipinski definition) is 2. The molecule has 0 fully saturated rings. The molecule has 3 nitrogen and oxygen atoms in total. The Labute approximate surface area is 97.3 Å². The molecule has 0 saturated heterocycles. The van der Waals surface area contributed by atoms with Gasteiger partial charge in [-0.25, -0.2) is 0 Å². The third-order valence-electron chi connectivity index (χ3n) is 2.41. The van der Waals surface area contributed by atoms with Crippen LogP contribution in [0.15, 0.2) is 35.1 Å². The predicted octanol–water partition coefficient (Wildman–Crippen LogP) is 2.71. The van der Waals surface area contributed by atoms with E-state index in [0.717, 1.165) is 5.56 Å². The topological polar surface area (TPSA) is 53.1 Å². The first-order valence-electron chi connectivity index (χ1n) is 4.77. The van der Waals surface area contributed by atoms with Gasteiger partial charge in [0.25, 0.3) is 5.56 Å². The summed E-state index contributed by atoms with van der Waals surface area (Å²) < 4.78 is 0. The molecule has 2 N–H and O–H groups in total. The van der Waals surface area contributed by atoms with Crippen molar-refractivity contribution in [3.63, 3.8) is 0 Å². The fourth-order valence-electron chi connectivity index (χ4n) is 1.40. The normalized spacial score (nSPS) is 10.4. The molecule has 4 heteroatoms. The van der Waals surface area contributed by atoms with Crippen molar-refractivity contribution in [1.82, 2.24) is 4.98 Å². The fourth-order valence-corrected chi connectivity index (χ4v) is 1.52. The van der Waals surface area contributed by atoms with E-state index in [0.29, 0.717) is 16.3 Å². The average Bonchev–Trinajstić information content (AvgIpc) is 2.26. The molecule has 2 rings (SSSR count). The van der Waals surface area contributed by atoms with Gasteiger partial charge in [0.1, 0.15) is 5.75 Å². The van der Waals surface area contributed by atoms with Crippen molar-refractivity contribution in [2.75, 3.05) is 0 Å². The highest BCUT2D eigenvalue weighted by molar-refractivity contribution is 6.30. The quantitative estimate of drug-likeness (QED) is 0.799. The zero-order valence-corrected chi connectivity index (χ0v) is 9.38. The highest BCUT2D eigenvalue weighted by atomic mass is 35.5. The standard InChI is InChI=1S/C12H10ClNO2/c1-7-11(15)6-10(14-12(7)16)8-2-4-9(13)5-3-8/h2-6H,1H3,(H2,14,15,16). The van der Waals surface area contributed by atoms with Crippen molar-refractivity contribution < 1.29 is 5.11 Å². The second-order valence-electron chi connectivity index (χ2n) is 3.53. The van der Waals surface area contributed by atoms with Crippen LogP contribution in [-0.4, -0.2) is 10.1 Å². The first kappa shape index (κ1) is 10.8. The van der Waals surface area contributed by atoms with E-state index in [4.69, 9.17) is 11.6 Å². The van der Waals surface area contributed by atoms with Gasteiger partial charge in [-0.1, -0.05) is 23.7 Å². The molecule has 0 saturated carbocycles. The van der Waals surface area contributed by atoms with E-state index in [-0.39, 0.29) is 11.3 Å². The second kappa shape index (κ2) is 4.02. The second-order valence-corrected chi connectivity index (χ2v) is 3.97. The van der Waals surface area contributed by atoms with Gasteiger partial charge in [-0.05, 0) is 24.6 Å². The molecule has 0 aliphatic heterocycles. The van der Waals surface area contributed by atoms with Crippen LogP contribution in [0.1, 0.15) is 5.56 Å². The number of hydrogen-bond donors (Lipinski definition) is 2. The van der Waals surface area contributed by atoms with Gasteiger partial charge in [0.05, 0.1) is 11.3 Å². The van der Waals surface area contributed by atoms with Crippen molar-refractivity contribution in [1.29, 1.82) is 0 Å². The maximum Gasteiger partial charge on any atom is 0.255 e. The van der Waals surface area contributed by atoms with Crippen LogP contribution in [0.4, 0.5) is 0 Å². The summed E-state index contributed by atoms with van der Waals surface area (Å²) in [5.41, 5.74) is 1.41. The Morgan fingerprint density at radius 3 is 2.44 bits per heavy atom. The molecule has 0 spiro atoms. The third-order valence-corrected chi connectivity index (χ3v) is 2.66. The zero-order chi connectivity index (χ0) is 11.7. The molecular formula is C12H10ClNO2. The highest BCUT2D eigenvalue weighted by Crippen LogP contribution is 2.22. The van der Waals surface area contributed by atoms with E-state index >= 15 is 0 Å². The van der Waals surface area contributed by atoms with Crippen LogP contribution in [-0.2, 0) is 0 Å². The van der Waals surface area contributed by atoms with Crippen LogP contribution < -0.4 is 5.56 Å². The molecule has 1 aromatic carbocycles. The fraction of sp³-hybridized carbons (Fsp3) is 0.0833. The number of rotatable bonds is 1. The molecule has 0 atom stereocenters. The number of aromatic amines is 1. The van der Waals surface area contributed by atoms with Gasteiger partial charge in [0.15, 0.2) is 0 Å². The summed E-state index contributed by atoms with van der Waals surface area (Å²) in [4.78, 5) is 14.2. The Kier molecular flexibility index (Phi) is 2.71. The van der Waals surface area contributed by atoms with Crippen LogP contribution in [0.2, 0.25) is 5.02 Å². The lowest BCUT2D eigenvalue weighted by molar-refractivity contribution is 0.469. The van der Waals surface area contributed by atoms with E-state index in [2.05, 4.69) is 4.98 Å². The molecule has 0 radical (unpaired) electrons. The van der Waals surface area contributed by atoms with Gasteiger partial charge in [0, 0.05) is 11.1 Å².